The lowest BCUT2D eigenvalue weighted by Crippen LogP contribution is -2.21. The molecule has 0 bridgehead atoms. The Hall–Kier alpha value is -2.14. The SMILES string of the molecule is CCn1ccnc1CN(C)Cc1ccccc1C(=O)O. The minimum absolute atomic E-state index is 0.359. The van der Waals surface area contributed by atoms with Gasteiger partial charge in [-0.15, -0.1) is 0 Å². The molecule has 0 saturated carbocycles. The maximum absolute atomic E-state index is 11.2. The zero-order chi connectivity index (χ0) is 14.5. The molecule has 0 aliphatic carbocycles. The maximum atomic E-state index is 11.2. The molecule has 1 aromatic carbocycles. The standard InChI is InChI=1S/C15H19N3O2/c1-3-18-9-8-16-14(18)11-17(2)10-12-6-4-5-7-13(12)15(19)20/h4-9H,3,10-11H2,1-2H3,(H,19,20). The number of carbonyl (C=O) groups is 1. The number of benzene rings is 1. The van der Waals surface area contributed by atoms with Crippen LogP contribution in [0.2, 0.25) is 0 Å². The van der Waals surface area contributed by atoms with Crippen molar-refractivity contribution >= 4 is 5.97 Å². The number of aryl methyl sites for hydroxylation is 1. The van der Waals surface area contributed by atoms with Gasteiger partial charge in [0.1, 0.15) is 5.82 Å². The quantitative estimate of drug-likeness (QED) is 0.877. The van der Waals surface area contributed by atoms with Crippen LogP contribution in [0.5, 0.6) is 0 Å². The second kappa shape index (κ2) is 6.34. The summed E-state index contributed by atoms with van der Waals surface area (Å²) in [5, 5.41) is 9.18. The van der Waals surface area contributed by atoms with Crippen molar-refractivity contribution in [1.82, 2.24) is 14.5 Å². The molecule has 2 aromatic rings. The highest BCUT2D eigenvalue weighted by atomic mass is 16.4. The van der Waals surface area contributed by atoms with Gasteiger partial charge in [-0.2, -0.15) is 0 Å². The summed E-state index contributed by atoms with van der Waals surface area (Å²) in [5.41, 5.74) is 1.18. The third-order valence-corrected chi connectivity index (χ3v) is 3.24. The largest absolute Gasteiger partial charge is 0.478 e. The summed E-state index contributed by atoms with van der Waals surface area (Å²) in [7, 11) is 1.97. The van der Waals surface area contributed by atoms with Crippen LogP contribution in [0.1, 0.15) is 28.7 Å². The van der Waals surface area contributed by atoms with Gasteiger partial charge in [-0.25, -0.2) is 9.78 Å². The molecule has 106 valence electrons. The van der Waals surface area contributed by atoms with Crippen LogP contribution >= 0.6 is 0 Å². The Balaban J connectivity index is 2.09. The lowest BCUT2D eigenvalue weighted by Gasteiger charge is -2.18. The number of aromatic nitrogens is 2. The van der Waals surface area contributed by atoms with Gasteiger partial charge < -0.3 is 9.67 Å². The van der Waals surface area contributed by atoms with Gasteiger partial charge >= 0.3 is 5.97 Å². The molecule has 0 fully saturated rings. The van der Waals surface area contributed by atoms with Crippen molar-refractivity contribution in [2.45, 2.75) is 26.6 Å². The zero-order valence-electron chi connectivity index (χ0n) is 11.8. The molecule has 1 aromatic heterocycles. The third-order valence-electron chi connectivity index (χ3n) is 3.24. The van der Waals surface area contributed by atoms with Crippen LogP contribution in [0.4, 0.5) is 0 Å². The topological polar surface area (TPSA) is 58.4 Å². The van der Waals surface area contributed by atoms with E-state index in [4.69, 9.17) is 0 Å². The molecule has 5 heteroatoms. The van der Waals surface area contributed by atoms with Crippen LogP contribution in [0, 0.1) is 0 Å². The average molecular weight is 273 g/mol. The maximum Gasteiger partial charge on any atom is 0.336 e. The van der Waals surface area contributed by atoms with Crippen molar-refractivity contribution in [3.8, 4) is 0 Å². The molecule has 0 amide bonds. The Morgan fingerprint density at radius 1 is 1.35 bits per heavy atom. The molecule has 1 N–H and O–H groups in total. The number of imidazole rings is 1. The number of nitrogens with zero attached hydrogens (tertiary/aromatic N) is 3. The molecule has 0 saturated heterocycles. The first-order valence-corrected chi connectivity index (χ1v) is 6.61. The highest BCUT2D eigenvalue weighted by Crippen LogP contribution is 2.12. The molecule has 0 aliphatic heterocycles. The smallest absolute Gasteiger partial charge is 0.336 e. The Morgan fingerprint density at radius 2 is 2.10 bits per heavy atom. The van der Waals surface area contributed by atoms with Gasteiger partial charge in [0, 0.05) is 25.5 Å². The summed E-state index contributed by atoms with van der Waals surface area (Å²) in [6, 6.07) is 7.10. The first kappa shape index (κ1) is 14.3. The van der Waals surface area contributed by atoms with Crippen molar-refractivity contribution < 1.29 is 9.90 Å². The normalized spacial score (nSPS) is 10.9. The van der Waals surface area contributed by atoms with Gasteiger partial charge in [0.2, 0.25) is 0 Å². The van der Waals surface area contributed by atoms with E-state index < -0.39 is 5.97 Å². The highest BCUT2D eigenvalue weighted by Gasteiger charge is 2.12. The molecule has 0 unspecified atom stereocenters. The molecule has 5 nitrogen and oxygen atoms in total. The number of carboxylic acids is 1. The molecule has 0 spiro atoms. The van der Waals surface area contributed by atoms with E-state index in [1.807, 2.05) is 25.4 Å². The molecule has 20 heavy (non-hydrogen) atoms. The van der Waals surface area contributed by atoms with Crippen LogP contribution in [0.3, 0.4) is 0 Å². The molecule has 0 radical (unpaired) electrons. The Morgan fingerprint density at radius 3 is 2.80 bits per heavy atom. The number of hydrogen-bond acceptors (Lipinski definition) is 3. The Kier molecular flexibility index (Phi) is 4.53. The first-order valence-electron chi connectivity index (χ1n) is 6.61. The van der Waals surface area contributed by atoms with Crippen molar-refractivity contribution in [3.05, 3.63) is 53.6 Å². The third kappa shape index (κ3) is 3.24. The van der Waals surface area contributed by atoms with Crippen molar-refractivity contribution in [1.29, 1.82) is 0 Å². The van der Waals surface area contributed by atoms with E-state index in [0.717, 1.165) is 17.9 Å². The fraction of sp³-hybridized carbons (Fsp3) is 0.333. The van der Waals surface area contributed by atoms with Crippen LogP contribution in [-0.2, 0) is 19.6 Å². The van der Waals surface area contributed by atoms with E-state index in [9.17, 15) is 9.90 Å². The summed E-state index contributed by atoms with van der Waals surface area (Å²) >= 11 is 0. The van der Waals surface area contributed by atoms with E-state index in [1.165, 1.54) is 0 Å². The number of aromatic carboxylic acids is 1. The van der Waals surface area contributed by atoms with Gasteiger partial charge in [-0.3, -0.25) is 4.90 Å². The van der Waals surface area contributed by atoms with Crippen molar-refractivity contribution in [3.63, 3.8) is 0 Å². The minimum Gasteiger partial charge on any atom is -0.478 e. The van der Waals surface area contributed by atoms with Crippen LogP contribution in [0.25, 0.3) is 0 Å². The fourth-order valence-corrected chi connectivity index (χ4v) is 2.23. The van der Waals surface area contributed by atoms with E-state index in [-0.39, 0.29) is 0 Å². The molecular weight excluding hydrogens is 254 g/mol. The summed E-state index contributed by atoms with van der Waals surface area (Å²) in [4.78, 5) is 17.6. The second-order valence-electron chi connectivity index (χ2n) is 4.76. The van der Waals surface area contributed by atoms with Crippen LogP contribution in [0.15, 0.2) is 36.7 Å². The first-order chi connectivity index (χ1) is 9.61. The fourth-order valence-electron chi connectivity index (χ4n) is 2.23. The van der Waals surface area contributed by atoms with Gasteiger partial charge in [-0.1, -0.05) is 18.2 Å². The summed E-state index contributed by atoms with van der Waals surface area (Å²) in [6.45, 7) is 4.23. The predicted octanol–water partition coefficient (Wildman–Crippen LogP) is 2.23. The summed E-state index contributed by atoms with van der Waals surface area (Å²) < 4.78 is 2.08. The number of hydrogen-bond donors (Lipinski definition) is 1. The van der Waals surface area contributed by atoms with Gasteiger partial charge in [0.25, 0.3) is 0 Å². The lowest BCUT2D eigenvalue weighted by atomic mass is 10.1. The molecule has 2 rings (SSSR count). The van der Waals surface area contributed by atoms with E-state index in [2.05, 4.69) is 21.4 Å². The minimum atomic E-state index is -0.885. The van der Waals surface area contributed by atoms with Crippen molar-refractivity contribution in [2.75, 3.05) is 7.05 Å². The zero-order valence-corrected chi connectivity index (χ0v) is 11.8. The molecule has 1 heterocycles. The Bertz CT molecular complexity index is 592. The molecular formula is C15H19N3O2. The summed E-state index contributed by atoms with van der Waals surface area (Å²) in [5.74, 6) is 0.104. The van der Waals surface area contributed by atoms with E-state index in [1.54, 1.807) is 18.3 Å². The monoisotopic (exact) mass is 273 g/mol. The predicted molar refractivity (Wildman–Crippen MR) is 76.5 cm³/mol. The van der Waals surface area contributed by atoms with Crippen LogP contribution in [-0.4, -0.2) is 32.6 Å². The van der Waals surface area contributed by atoms with Crippen LogP contribution < -0.4 is 0 Å². The average Bonchev–Trinajstić information content (AvgIpc) is 2.86. The van der Waals surface area contributed by atoms with E-state index in [0.29, 0.717) is 18.7 Å². The van der Waals surface area contributed by atoms with Gasteiger partial charge in [0.15, 0.2) is 0 Å². The van der Waals surface area contributed by atoms with E-state index >= 15 is 0 Å². The molecule has 0 aliphatic rings. The highest BCUT2D eigenvalue weighted by molar-refractivity contribution is 5.89. The Labute approximate surface area is 118 Å². The van der Waals surface area contributed by atoms with Gasteiger partial charge in [-0.05, 0) is 25.6 Å². The molecule has 0 atom stereocenters. The number of rotatable bonds is 6. The lowest BCUT2D eigenvalue weighted by molar-refractivity contribution is 0.0694. The summed E-state index contributed by atoms with van der Waals surface area (Å²) in [6.07, 6.45) is 3.74. The number of carboxylic acid groups (broad SMARTS) is 1. The van der Waals surface area contributed by atoms with Crippen molar-refractivity contribution in [2.24, 2.45) is 0 Å². The van der Waals surface area contributed by atoms with Gasteiger partial charge in [0.05, 0.1) is 12.1 Å². The second-order valence-corrected chi connectivity index (χ2v) is 4.76.